The molecule has 5 heteroatoms. The first kappa shape index (κ1) is 12.5. The zero-order valence-corrected chi connectivity index (χ0v) is 12.7. The molecule has 0 aromatic heterocycles. The van der Waals surface area contributed by atoms with Crippen molar-refractivity contribution >= 4 is 38.8 Å². The second-order valence-electron chi connectivity index (χ2n) is 3.15. The molecule has 1 aromatic carbocycles. The fourth-order valence-corrected chi connectivity index (χ4v) is 1.84. The van der Waals surface area contributed by atoms with Gasteiger partial charge in [0, 0.05) is 13.8 Å². The first-order valence-corrected chi connectivity index (χ1v) is 7.30. The van der Waals surface area contributed by atoms with Crippen LogP contribution in [0, 0.1) is 3.57 Å². The molecule has 0 atom stereocenters. The molecule has 15 heavy (non-hydrogen) atoms. The van der Waals surface area contributed by atoms with Gasteiger partial charge in [-0.25, -0.2) is 4.79 Å². The van der Waals surface area contributed by atoms with Crippen LogP contribution in [0.3, 0.4) is 0 Å². The molecule has 82 valence electrons. The van der Waals surface area contributed by atoms with Gasteiger partial charge in [0.1, 0.15) is 11.3 Å². The molecule has 1 aromatic rings. The predicted octanol–water partition coefficient (Wildman–Crippen LogP) is 1.33. The average molecular weight is 336 g/mol. The van der Waals surface area contributed by atoms with E-state index in [1.807, 2.05) is 0 Å². The summed E-state index contributed by atoms with van der Waals surface area (Å²) in [5.41, 5.74) is 0.246. The van der Waals surface area contributed by atoms with Crippen LogP contribution < -0.4 is 0 Å². The Balaban J connectivity index is 2.68. The van der Waals surface area contributed by atoms with E-state index in [9.17, 15) is 9.90 Å². The van der Waals surface area contributed by atoms with Gasteiger partial charge in [-0.2, -0.15) is 0 Å². The number of phenols is 1. The Hall–Kier alpha value is -0.563. The van der Waals surface area contributed by atoms with Gasteiger partial charge in [-0.05, 0) is 47.2 Å². The smallest absolute Gasteiger partial charge is 0.341 e. The number of halogens is 1. The van der Waals surface area contributed by atoms with Gasteiger partial charge in [-0.1, -0.05) is 6.04 Å². The van der Waals surface area contributed by atoms with E-state index in [2.05, 4.69) is 22.6 Å². The molecule has 0 heterocycles. The molecule has 3 nitrogen and oxygen atoms in total. The summed E-state index contributed by atoms with van der Waals surface area (Å²) < 4.78 is 5.93. The number of carbonyl (C=O) groups is 1. The van der Waals surface area contributed by atoms with E-state index in [1.54, 1.807) is 12.1 Å². The number of hydrogen-bond donors (Lipinski definition) is 1. The van der Waals surface area contributed by atoms with Crippen molar-refractivity contribution in [3.8, 4) is 5.75 Å². The van der Waals surface area contributed by atoms with Crippen molar-refractivity contribution in [1.82, 2.24) is 0 Å². The Morgan fingerprint density at radius 3 is 2.93 bits per heavy atom. The maximum absolute atomic E-state index is 11.5. The van der Waals surface area contributed by atoms with Crippen LogP contribution in [-0.2, 0) is 4.74 Å². The first-order valence-electron chi connectivity index (χ1n) is 4.80. The van der Waals surface area contributed by atoms with E-state index in [4.69, 9.17) is 4.74 Å². The number of rotatable bonds is 4. The van der Waals surface area contributed by atoms with E-state index >= 15 is 0 Å². The number of benzene rings is 1. The lowest BCUT2D eigenvalue weighted by Gasteiger charge is -2.05. The molecule has 0 fully saturated rings. The lowest BCUT2D eigenvalue weighted by atomic mass is 10.2. The standard InChI is InChI=1S/C10H13IO3Si/c11-7-2-3-9(12)8(6-7)10(13)14-4-1-5-15/h2-3,6,12H,1,4-5H2,15H3. The molecular formula is C10H13IO3Si. The van der Waals surface area contributed by atoms with Crippen LogP contribution in [0.5, 0.6) is 5.75 Å². The van der Waals surface area contributed by atoms with Gasteiger partial charge in [0.05, 0.1) is 6.61 Å². The molecule has 0 amide bonds. The number of hydrogen-bond acceptors (Lipinski definition) is 3. The lowest BCUT2D eigenvalue weighted by molar-refractivity contribution is 0.0502. The maximum Gasteiger partial charge on any atom is 0.341 e. The lowest BCUT2D eigenvalue weighted by Crippen LogP contribution is -2.06. The third-order valence-electron chi connectivity index (χ3n) is 1.91. The van der Waals surface area contributed by atoms with Crippen molar-refractivity contribution in [3.05, 3.63) is 27.3 Å². The molecule has 0 bridgehead atoms. The van der Waals surface area contributed by atoms with E-state index in [-0.39, 0.29) is 11.3 Å². The van der Waals surface area contributed by atoms with Crippen molar-refractivity contribution < 1.29 is 14.6 Å². The zero-order valence-electron chi connectivity index (χ0n) is 8.50. The Labute approximate surface area is 105 Å². The van der Waals surface area contributed by atoms with Gasteiger partial charge < -0.3 is 9.84 Å². The Morgan fingerprint density at radius 1 is 1.53 bits per heavy atom. The topological polar surface area (TPSA) is 46.5 Å². The second-order valence-corrected chi connectivity index (χ2v) is 5.40. The summed E-state index contributed by atoms with van der Waals surface area (Å²) in [5.74, 6) is -0.465. The molecule has 0 aliphatic rings. The minimum Gasteiger partial charge on any atom is -0.507 e. The monoisotopic (exact) mass is 336 g/mol. The SMILES string of the molecule is O=C(OCCC[SiH3])c1cc(I)ccc1O. The molecule has 0 radical (unpaired) electrons. The molecule has 0 unspecified atom stereocenters. The molecule has 0 saturated heterocycles. The summed E-state index contributed by atoms with van der Waals surface area (Å²) in [6, 6.07) is 5.99. The molecule has 0 saturated carbocycles. The Morgan fingerprint density at radius 2 is 2.27 bits per heavy atom. The number of carbonyl (C=O) groups excluding carboxylic acids is 1. The average Bonchev–Trinajstić information content (AvgIpc) is 2.22. The van der Waals surface area contributed by atoms with Crippen molar-refractivity contribution in [2.75, 3.05) is 6.61 Å². The number of aromatic hydroxyl groups is 1. The third-order valence-corrected chi connectivity index (χ3v) is 3.29. The van der Waals surface area contributed by atoms with Crippen LogP contribution in [0.25, 0.3) is 0 Å². The summed E-state index contributed by atoms with van der Waals surface area (Å²) in [7, 11) is 1.12. The highest BCUT2D eigenvalue weighted by Crippen LogP contribution is 2.20. The third kappa shape index (κ3) is 3.82. The minimum absolute atomic E-state index is 0.0220. The van der Waals surface area contributed by atoms with Crippen LogP contribution in [0.4, 0.5) is 0 Å². The highest BCUT2D eigenvalue weighted by molar-refractivity contribution is 14.1. The van der Waals surface area contributed by atoms with Crippen LogP contribution in [-0.4, -0.2) is 27.9 Å². The molecule has 0 aliphatic heterocycles. The van der Waals surface area contributed by atoms with Crippen molar-refractivity contribution in [1.29, 1.82) is 0 Å². The Bertz CT molecular complexity index is 355. The van der Waals surface area contributed by atoms with Crippen LogP contribution in [0.1, 0.15) is 16.8 Å². The maximum atomic E-state index is 11.5. The van der Waals surface area contributed by atoms with Crippen LogP contribution >= 0.6 is 22.6 Å². The zero-order chi connectivity index (χ0) is 11.3. The molecular weight excluding hydrogens is 323 g/mol. The van der Waals surface area contributed by atoms with Crippen LogP contribution in [0.15, 0.2) is 18.2 Å². The van der Waals surface area contributed by atoms with Gasteiger partial charge in [0.25, 0.3) is 0 Å². The number of ether oxygens (including phenoxy) is 1. The molecule has 0 spiro atoms. The normalized spacial score (nSPS) is 10.2. The van der Waals surface area contributed by atoms with Crippen molar-refractivity contribution in [2.45, 2.75) is 12.5 Å². The van der Waals surface area contributed by atoms with Gasteiger partial charge in [0.15, 0.2) is 0 Å². The van der Waals surface area contributed by atoms with E-state index < -0.39 is 5.97 Å². The predicted molar refractivity (Wildman–Crippen MR) is 70.5 cm³/mol. The fourth-order valence-electron chi connectivity index (χ4n) is 1.06. The largest absolute Gasteiger partial charge is 0.507 e. The quantitative estimate of drug-likeness (QED) is 0.391. The number of esters is 1. The van der Waals surface area contributed by atoms with E-state index in [0.29, 0.717) is 6.61 Å². The number of phenolic OH excluding ortho intramolecular Hbond substituents is 1. The summed E-state index contributed by atoms with van der Waals surface area (Å²) in [5, 5.41) is 9.46. The van der Waals surface area contributed by atoms with Gasteiger partial charge in [-0.15, -0.1) is 0 Å². The van der Waals surface area contributed by atoms with Crippen LogP contribution in [0.2, 0.25) is 6.04 Å². The summed E-state index contributed by atoms with van der Waals surface area (Å²) in [4.78, 5) is 11.5. The minimum atomic E-state index is -0.443. The molecule has 0 aliphatic carbocycles. The molecule has 1 N–H and O–H groups in total. The summed E-state index contributed by atoms with van der Waals surface area (Å²) in [6.45, 7) is 0.438. The highest BCUT2D eigenvalue weighted by Gasteiger charge is 2.12. The fraction of sp³-hybridized carbons (Fsp3) is 0.300. The summed E-state index contributed by atoms with van der Waals surface area (Å²) >= 11 is 2.09. The van der Waals surface area contributed by atoms with Crippen molar-refractivity contribution in [3.63, 3.8) is 0 Å². The summed E-state index contributed by atoms with van der Waals surface area (Å²) in [6.07, 6.45) is 0.905. The van der Waals surface area contributed by atoms with Gasteiger partial charge in [0.2, 0.25) is 0 Å². The highest BCUT2D eigenvalue weighted by atomic mass is 127. The van der Waals surface area contributed by atoms with Gasteiger partial charge in [-0.3, -0.25) is 0 Å². The van der Waals surface area contributed by atoms with Gasteiger partial charge >= 0.3 is 5.97 Å². The van der Waals surface area contributed by atoms with E-state index in [1.165, 1.54) is 6.07 Å². The second kappa shape index (κ2) is 6.11. The molecule has 1 rings (SSSR count). The Kier molecular flexibility index (Phi) is 5.10. The first-order chi connectivity index (χ1) is 7.15. The van der Waals surface area contributed by atoms with E-state index in [0.717, 1.165) is 26.3 Å². The van der Waals surface area contributed by atoms with Crippen molar-refractivity contribution in [2.24, 2.45) is 0 Å².